The molecule has 0 saturated carbocycles. The number of pyridine rings is 1. The molecule has 2 aromatic rings. The zero-order chi connectivity index (χ0) is 15.4. The molecular weight excluding hydrogens is 268 g/mol. The fourth-order valence-corrected chi connectivity index (χ4v) is 2.31. The van der Waals surface area contributed by atoms with Gasteiger partial charge in [-0.05, 0) is 39.8 Å². The Morgan fingerprint density at radius 3 is 2.81 bits per heavy atom. The molecule has 0 aliphatic heterocycles. The Morgan fingerprint density at radius 2 is 2.19 bits per heavy atom. The van der Waals surface area contributed by atoms with Crippen LogP contribution in [-0.4, -0.2) is 22.6 Å². The molecular formula is C15H20N4O2. The van der Waals surface area contributed by atoms with Crippen LogP contribution in [0.4, 0.5) is 5.82 Å². The lowest BCUT2D eigenvalue weighted by Crippen LogP contribution is -2.27. The summed E-state index contributed by atoms with van der Waals surface area (Å²) in [7, 11) is 0. The van der Waals surface area contributed by atoms with Gasteiger partial charge >= 0.3 is 0 Å². The summed E-state index contributed by atoms with van der Waals surface area (Å²) in [6.07, 6.45) is 1.62. The smallest absolute Gasteiger partial charge is 0.251 e. The number of nitrogens with zero attached hydrogens (tertiary/aromatic N) is 2. The molecule has 1 atom stereocenters. The Kier molecular flexibility index (Phi) is 4.57. The maximum atomic E-state index is 12.3. The highest BCUT2D eigenvalue weighted by molar-refractivity contribution is 5.95. The Bertz CT molecular complexity index is 617. The third-order valence-electron chi connectivity index (χ3n) is 3.25. The number of rotatable bonds is 5. The number of nitrogens with one attached hydrogen (secondary N) is 2. The molecule has 2 rings (SSSR count). The van der Waals surface area contributed by atoms with E-state index in [1.54, 1.807) is 18.3 Å². The number of amides is 1. The molecule has 1 unspecified atom stereocenters. The van der Waals surface area contributed by atoms with E-state index in [1.165, 1.54) is 0 Å². The minimum Gasteiger partial charge on any atom is -0.370 e. The second-order valence-corrected chi connectivity index (χ2v) is 4.89. The van der Waals surface area contributed by atoms with Gasteiger partial charge in [0.1, 0.15) is 11.6 Å². The van der Waals surface area contributed by atoms with Gasteiger partial charge < -0.3 is 15.2 Å². The summed E-state index contributed by atoms with van der Waals surface area (Å²) in [5.74, 6) is 1.27. The molecule has 21 heavy (non-hydrogen) atoms. The standard InChI is InChI=1S/C15H20N4O2/c1-5-16-13-8-12(6-7-17-13)15(20)18-9(2)14-10(3)19-21-11(14)4/h6-9H,5H2,1-4H3,(H,16,17)(H,18,20). The molecule has 112 valence electrons. The van der Waals surface area contributed by atoms with Crippen LogP contribution in [0.2, 0.25) is 0 Å². The quantitative estimate of drug-likeness (QED) is 0.884. The van der Waals surface area contributed by atoms with Crippen LogP contribution in [0.1, 0.15) is 47.3 Å². The molecule has 0 bridgehead atoms. The van der Waals surface area contributed by atoms with Crippen LogP contribution in [0.15, 0.2) is 22.9 Å². The first kappa shape index (κ1) is 15.0. The van der Waals surface area contributed by atoms with Gasteiger partial charge in [0, 0.05) is 23.9 Å². The van der Waals surface area contributed by atoms with Gasteiger partial charge in [0.15, 0.2) is 0 Å². The molecule has 6 heteroatoms. The van der Waals surface area contributed by atoms with Gasteiger partial charge in [0.05, 0.1) is 11.7 Å². The second-order valence-electron chi connectivity index (χ2n) is 4.89. The molecule has 0 aliphatic rings. The van der Waals surface area contributed by atoms with Gasteiger partial charge in [-0.3, -0.25) is 4.79 Å². The summed E-state index contributed by atoms with van der Waals surface area (Å²) < 4.78 is 5.13. The molecule has 0 fully saturated rings. The van der Waals surface area contributed by atoms with Gasteiger partial charge in [-0.25, -0.2) is 4.98 Å². The van der Waals surface area contributed by atoms with E-state index >= 15 is 0 Å². The van der Waals surface area contributed by atoms with Crippen LogP contribution in [0.25, 0.3) is 0 Å². The largest absolute Gasteiger partial charge is 0.370 e. The highest BCUT2D eigenvalue weighted by Crippen LogP contribution is 2.21. The lowest BCUT2D eigenvalue weighted by atomic mass is 10.1. The van der Waals surface area contributed by atoms with E-state index in [2.05, 4.69) is 20.8 Å². The van der Waals surface area contributed by atoms with Crippen LogP contribution in [0, 0.1) is 13.8 Å². The van der Waals surface area contributed by atoms with Gasteiger partial charge in [0.2, 0.25) is 0 Å². The lowest BCUT2D eigenvalue weighted by molar-refractivity contribution is 0.0939. The molecule has 2 aromatic heterocycles. The fraction of sp³-hybridized carbons (Fsp3) is 0.400. The van der Waals surface area contributed by atoms with E-state index in [4.69, 9.17) is 4.52 Å². The summed E-state index contributed by atoms with van der Waals surface area (Å²) >= 11 is 0. The molecule has 2 N–H and O–H groups in total. The number of hydrogen-bond acceptors (Lipinski definition) is 5. The number of carbonyl (C=O) groups is 1. The summed E-state index contributed by atoms with van der Waals surface area (Å²) in [6, 6.07) is 3.26. The third-order valence-corrected chi connectivity index (χ3v) is 3.25. The minimum atomic E-state index is -0.167. The Labute approximate surface area is 123 Å². The molecule has 0 saturated heterocycles. The van der Waals surface area contributed by atoms with Gasteiger partial charge in [-0.2, -0.15) is 0 Å². The van der Waals surface area contributed by atoms with Crippen molar-refractivity contribution >= 4 is 11.7 Å². The van der Waals surface area contributed by atoms with Crippen LogP contribution in [0.3, 0.4) is 0 Å². The topological polar surface area (TPSA) is 80.0 Å². The molecule has 0 aliphatic carbocycles. The van der Waals surface area contributed by atoms with Crippen LogP contribution in [0.5, 0.6) is 0 Å². The van der Waals surface area contributed by atoms with Crippen molar-refractivity contribution in [3.05, 3.63) is 40.9 Å². The van der Waals surface area contributed by atoms with Crippen LogP contribution in [-0.2, 0) is 0 Å². The van der Waals surface area contributed by atoms with Crippen molar-refractivity contribution in [2.45, 2.75) is 33.7 Å². The van der Waals surface area contributed by atoms with Crippen molar-refractivity contribution in [1.82, 2.24) is 15.5 Å². The molecule has 0 spiro atoms. The molecule has 6 nitrogen and oxygen atoms in total. The average Bonchev–Trinajstić information content (AvgIpc) is 2.79. The number of carbonyl (C=O) groups excluding carboxylic acids is 1. The molecule has 1 amide bonds. The number of anilines is 1. The summed E-state index contributed by atoms with van der Waals surface area (Å²) in [4.78, 5) is 16.5. The lowest BCUT2D eigenvalue weighted by Gasteiger charge is -2.14. The highest BCUT2D eigenvalue weighted by Gasteiger charge is 2.19. The maximum absolute atomic E-state index is 12.3. The summed E-state index contributed by atoms with van der Waals surface area (Å²) in [5, 5.41) is 9.95. The van der Waals surface area contributed by atoms with Crippen LogP contribution < -0.4 is 10.6 Å². The van der Waals surface area contributed by atoms with Crippen molar-refractivity contribution in [2.75, 3.05) is 11.9 Å². The maximum Gasteiger partial charge on any atom is 0.251 e. The zero-order valence-electron chi connectivity index (χ0n) is 12.7. The van der Waals surface area contributed by atoms with E-state index in [-0.39, 0.29) is 11.9 Å². The van der Waals surface area contributed by atoms with Crippen molar-refractivity contribution in [2.24, 2.45) is 0 Å². The Balaban J connectivity index is 2.12. The Hall–Kier alpha value is -2.37. The van der Waals surface area contributed by atoms with Crippen molar-refractivity contribution < 1.29 is 9.32 Å². The third kappa shape index (κ3) is 3.39. The minimum absolute atomic E-state index is 0.149. The van der Waals surface area contributed by atoms with Gasteiger partial charge in [-0.15, -0.1) is 0 Å². The van der Waals surface area contributed by atoms with E-state index in [1.807, 2.05) is 27.7 Å². The van der Waals surface area contributed by atoms with E-state index in [0.717, 1.165) is 23.6 Å². The summed E-state index contributed by atoms with van der Waals surface area (Å²) in [6.45, 7) is 8.36. The van der Waals surface area contributed by atoms with Crippen LogP contribution >= 0.6 is 0 Å². The van der Waals surface area contributed by atoms with Gasteiger partial charge in [0.25, 0.3) is 5.91 Å². The molecule has 2 heterocycles. The first-order valence-electron chi connectivity index (χ1n) is 6.96. The number of aromatic nitrogens is 2. The fourth-order valence-electron chi connectivity index (χ4n) is 2.31. The zero-order valence-corrected chi connectivity index (χ0v) is 12.7. The number of hydrogen-bond donors (Lipinski definition) is 2. The van der Waals surface area contributed by atoms with Gasteiger partial charge in [-0.1, -0.05) is 5.16 Å². The summed E-state index contributed by atoms with van der Waals surface area (Å²) in [5.41, 5.74) is 2.28. The van der Waals surface area contributed by atoms with Crippen molar-refractivity contribution in [3.8, 4) is 0 Å². The SMILES string of the molecule is CCNc1cc(C(=O)NC(C)c2c(C)noc2C)ccn1. The second kappa shape index (κ2) is 6.39. The average molecular weight is 288 g/mol. The number of aryl methyl sites for hydroxylation is 2. The highest BCUT2D eigenvalue weighted by atomic mass is 16.5. The molecule has 0 aromatic carbocycles. The van der Waals surface area contributed by atoms with Crippen molar-refractivity contribution in [1.29, 1.82) is 0 Å². The predicted octanol–water partition coefficient (Wildman–Crippen LogP) is 2.61. The van der Waals surface area contributed by atoms with E-state index in [9.17, 15) is 4.79 Å². The van der Waals surface area contributed by atoms with E-state index in [0.29, 0.717) is 11.4 Å². The normalized spacial score (nSPS) is 12.0. The predicted molar refractivity (Wildman–Crippen MR) is 80.3 cm³/mol. The first-order valence-corrected chi connectivity index (χ1v) is 6.96. The monoisotopic (exact) mass is 288 g/mol. The van der Waals surface area contributed by atoms with Crippen molar-refractivity contribution in [3.63, 3.8) is 0 Å². The first-order chi connectivity index (χ1) is 10.0. The van der Waals surface area contributed by atoms with E-state index < -0.39 is 0 Å². The Morgan fingerprint density at radius 1 is 1.43 bits per heavy atom. The molecule has 0 radical (unpaired) electrons.